The number of fused-ring (bicyclic) bond motifs is 2. The van der Waals surface area contributed by atoms with E-state index in [2.05, 4.69) is 9.44 Å². The number of hydrogen-bond acceptors (Lipinski definition) is 8. The Morgan fingerprint density at radius 2 is 1.77 bits per heavy atom. The highest BCUT2D eigenvalue weighted by molar-refractivity contribution is 7.98. The van der Waals surface area contributed by atoms with Crippen molar-refractivity contribution in [1.29, 1.82) is 0 Å². The van der Waals surface area contributed by atoms with Gasteiger partial charge >= 0.3 is 0 Å². The molecule has 0 aromatic heterocycles. The van der Waals surface area contributed by atoms with Gasteiger partial charge in [0.05, 0.1) is 23.6 Å². The van der Waals surface area contributed by atoms with E-state index in [0.717, 1.165) is 16.8 Å². The number of methoxy groups -OCH3 is 1. The number of aliphatic hydroxyl groups is 1. The van der Waals surface area contributed by atoms with E-state index in [0.29, 0.717) is 44.4 Å². The Kier molecular flexibility index (Phi) is 5.97. The fourth-order valence-electron chi connectivity index (χ4n) is 8.33. The molecule has 5 atom stereocenters. The zero-order valence-corrected chi connectivity index (χ0v) is 23.8. The Balaban J connectivity index is 1.27. The van der Waals surface area contributed by atoms with E-state index < -0.39 is 32.5 Å². The van der Waals surface area contributed by atoms with Crippen LogP contribution in [0.15, 0.2) is 77.7 Å². The summed E-state index contributed by atoms with van der Waals surface area (Å²) in [4.78, 5) is 0.240. The molecule has 4 aliphatic rings. The Morgan fingerprint density at radius 1 is 1.05 bits per heavy atom. The molecule has 210 valence electrons. The van der Waals surface area contributed by atoms with E-state index in [-0.39, 0.29) is 16.7 Å². The summed E-state index contributed by atoms with van der Waals surface area (Å²) < 4.78 is 41.6. The number of rotatable bonds is 7. The summed E-state index contributed by atoms with van der Waals surface area (Å²) in [5.74, 6) is 0.428. The Morgan fingerprint density at radius 3 is 2.50 bits per heavy atom. The average molecular weight is 580 g/mol. The van der Waals surface area contributed by atoms with Gasteiger partial charge in [-0.25, -0.2) is 13.1 Å². The first-order chi connectivity index (χ1) is 19.2. The maximum Gasteiger partial charge on any atom is 0.243 e. The SMILES string of the molecule is COc1ccc2c(c1O)C13CC(NSNc4ccccc4)CCC1(O)C1N(S(=O)(=O)c4ccccc4)CC1(C2)C3. The molecule has 40 heavy (non-hydrogen) atoms. The van der Waals surface area contributed by atoms with Crippen LogP contribution in [0.4, 0.5) is 5.69 Å². The lowest BCUT2D eigenvalue weighted by molar-refractivity contribution is -0.124. The van der Waals surface area contributed by atoms with Gasteiger partial charge in [-0.1, -0.05) is 42.5 Å². The Bertz CT molecular complexity index is 1560. The van der Waals surface area contributed by atoms with Gasteiger partial charge in [-0.05, 0) is 68.0 Å². The standard InChI is InChI=1S/C30H33N3O5S2/c1-38-24-13-12-20-16-28-18-29(25(20)26(24)34)17-22(32-39-31-21-8-4-2-5-9-21)14-15-30(29,35)27(28)33(19-28)40(36,37)23-10-6-3-7-11-23/h2-13,22,27,31-32,34-35H,14-19H2,1H3. The maximum atomic E-state index is 13.9. The van der Waals surface area contributed by atoms with Crippen LogP contribution in [0.2, 0.25) is 0 Å². The van der Waals surface area contributed by atoms with E-state index >= 15 is 0 Å². The fourth-order valence-corrected chi connectivity index (χ4v) is 10.9. The lowest BCUT2D eigenvalue weighted by Gasteiger charge is -2.57. The molecule has 5 unspecified atom stereocenters. The van der Waals surface area contributed by atoms with Crippen molar-refractivity contribution in [3.8, 4) is 11.5 Å². The number of para-hydroxylation sites is 1. The molecule has 8 nitrogen and oxygen atoms in total. The van der Waals surface area contributed by atoms with Crippen molar-refractivity contribution in [3.05, 3.63) is 83.9 Å². The van der Waals surface area contributed by atoms with Crippen molar-refractivity contribution in [2.24, 2.45) is 5.41 Å². The molecule has 2 spiro atoms. The zero-order chi connectivity index (χ0) is 27.8. The van der Waals surface area contributed by atoms with Gasteiger partial charge in [0.2, 0.25) is 10.0 Å². The first kappa shape index (κ1) is 26.2. The molecule has 10 heteroatoms. The zero-order valence-electron chi connectivity index (χ0n) is 22.2. The minimum Gasteiger partial charge on any atom is -0.504 e. The second-order valence-corrected chi connectivity index (χ2v) is 14.3. The number of nitrogens with zero attached hydrogens (tertiary/aromatic N) is 1. The number of aromatic hydroxyl groups is 1. The van der Waals surface area contributed by atoms with Gasteiger partial charge in [-0.3, -0.25) is 0 Å². The van der Waals surface area contributed by atoms with E-state index in [9.17, 15) is 18.6 Å². The van der Waals surface area contributed by atoms with Gasteiger partial charge in [-0.15, -0.1) is 0 Å². The summed E-state index contributed by atoms with van der Waals surface area (Å²) in [6.45, 7) is 0.355. The van der Waals surface area contributed by atoms with E-state index in [4.69, 9.17) is 4.74 Å². The first-order valence-electron chi connectivity index (χ1n) is 13.7. The van der Waals surface area contributed by atoms with Gasteiger partial charge in [0, 0.05) is 46.8 Å². The largest absolute Gasteiger partial charge is 0.504 e. The third-order valence-corrected chi connectivity index (χ3v) is 12.3. The van der Waals surface area contributed by atoms with Crippen LogP contribution in [-0.4, -0.2) is 54.3 Å². The molecule has 1 aliphatic heterocycles. The lowest BCUT2D eigenvalue weighted by Crippen LogP contribution is -2.72. The van der Waals surface area contributed by atoms with Crippen LogP contribution in [0, 0.1) is 5.41 Å². The highest BCUT2D eigenvalue weighted by Crippen LogP contribution is 2.73. The van der Waals surface area contributed by atoms with Crippen LogP contribution in [0.1, 0.15) is 36.8 Å². The van der Waals surface area contributed by atoms with Crippen molar-refractivity contribution in [2.45, 2.75) is 60.1 Å². The highest BCUT2D eigenvalue weighted by Gasteiger charge is 2.80. The molecule has 2 bridgehead atoms. The molecule has 4 N–H and O–H groups in total. The molecule has 3 aromatic rings. The minimum absolute atomic E-state index is 0.0340. The number of phenolic OH excluding ortho intramolecular Hbond substituents is 1. The molecule has 2 saturated carbocycles. The smallest absolute Gasteiger partial charge is 0.243 e. The normalized spacial score (nSPS) is 32.4. The van der Waals surface area contributed by atoms with Gasteiger partial charge in [-0.2, -0.15) is 4.31 Å². The van der Waals surface area contributed by atoms with Crippen molar-refractivity contribution in [3.63, 3.8) is 0 Å². The summed E-state index contributed by atoms with van der Waals surface area (Å²) in [5, 5.41) is 24.3. The van der Waals surface area contributed by atoms with Gasteiger partial charge in [0.15, 0.2) is 11.5 Å². The fraction of sp³-hybridized carbons (Fsp3) is 0.400. The van der Waals surface area contributed by atoms with Gasteiger partial charge < -0.3 is 19.7 Å². The summed E-state index contributed by atoms with van der Waals surface area (Å²) in [5.41, 5.74) is 0.119. The number of sulfonamides is 1. The lowest BCUT2D eigenvalue weighted by atomic mass is 9.57. The number of anilines is 1. The number of phenols is 1. The van der Waals surface area contributed by atoms with Crippen molar-refractivity contribution >= 4 is 27.8 Å². The Labute approximate surface area is 239 Å². The molecule has 1 heterocycles. The third kappa shape index (κ3) is 3.53. The number of benzene rings is 3. The van der Waals surface area contributed by atoms with Crippen molar-refractivity contribution in [1.82, 2.24) is 9.03 Å². The molecular formula is C30H33N3O5S2. The number of nitrogens with one attached hydrogen (secondary N) is 2. The number of hydrogen-bond donors (Lipinski definition) is 4. The van der Waals surface area contributed by atoms with E-state index in [1.54, 1.807) is 36.4 Å². The maximum absolute atomic E-state index is 13.9. The molecular weight excluding hydrogens is 546 g/mol. The molecule has 3 fully saturated rings. The first-order valence-corrected chi connectivity index (χ1v) is 15.9. The van der Waals surface area contributed by atoms with Crippen LogP contribution in [0.25, 0.3) is 0 Å². The van der Waals surface area contributed by atoms with Crippen LogP contribution in [-0.2, 0) is 21.9 Å². The summed E-state index contributed by atoms with van der Waals surface area (Å²) >= 11 is 1.41. The molecule has 1 saturated heterocycles. The summed E-state index contributed by atoms with van der Waals surface area (Å²) in [6, 6.07) is 21.6. The monoisotopic (exact) mass is 579 g/mol. The molecule has 7 rings (SSSR count). The van der Waals surface area contributed by atoms with Gasteiger partial charge in [0.1, 0.15) is 0 Å². The van der Waals surface area contributed by atoms with Gasteiger partial charge in [0.25, 0.3) is 0 Å². The molecule has 0 amide bonds. The van der Waals surface area contributed by atoms with Crippen LogP contribution >= 0.6 is 12.1 Å². The predicted molar refractivity (Wildman–Crippen MR) is 155 cm³/mol. The van der Waals surface area contributed by atoms with E-state index in [1.165, 1.54) is 23.5 Å². The van der Waals surface area contributed by atoms with Crippen LogP contribution in [0.5, 0.6) is 11.5 Å². The summed E-state index contributed by atoms with van der Waals surface area (Å²) in [6.07, 6.45) is 2.88. The Hall–Kier alpha value is -2.76. The molecule has 0 radical (unpaired) electrons. The topological polar surface area (TPSA) is 111 Å². The molecule has 3 aromatic carbocycles. The van der Waals surface area contributed by atoms with Crippen LogP contribution in [0.3, 0.4) is 0 Å². The highest BCUT2D eigenvalue weighted by atomic mass is 32.2. The summed E-state index contributed by atoms with van der Waals surface area (Å²) in [7, 11) is -2.28. The molecule has 3 aliphatic carbocycles. The minimum atomic E-state index is -3.80. The van der Waals surface area contributed by atoms with Crippen LogP contribution < -0.4 is 14.2 Å². The second kappa shape index (κ2) is 9.12. The van der Waals surface area contributed by atoms with E-state index in [1.807, 2.05) is 36.4 Å². The van der Waals surface area contributed by atoms with Crippen molar-refractivity contribution in [2.75, 3.05) is 18.4 Å². The quantitative estimate of drug-likeness (QED) is 0.308. The van der Waals surface area contributed by atoms with Crippen molar-refractivity contribution < 1.29 is 23.4 Å². The number of ether oxygens (including phenoxy) is 1. The second-order valence-electron chi connectivity index (χ2n) is 11.8. The third-order valence-electron chi connectivity index (χ3n) is 9.73. The predicted octanol–water partition coefficient (Wildman–Crippen LogP) is 4.21. The average Bonchev–Trinajstić information content (AvgIpc) is 3.07.